The molecule has 1 aromatic carbocycles. The smallest absolute Gasteiger partial charge is 0.403 e. The molecule has 2 aliphatic rings. The Hall–Kier alpha value is -3.13. The summed E-state index contributed by atoms with van der Waals surface area (Å²) in [6.07, 6.45) is -3.08. The summed E-state index contributed by atoms with van der Waals surface area (Å²) in [5.74, 6) is -0.601. The highest BCUT2D eigenvalue weighted by atomic mass is 19.4. The second-order valence-electron chi connectivity index (χ2n) is 8.28. The summed E-state index contributed by atoms with van der Waals surface area (Å²) >= 11 is 0. The molecule has 2 saturated heterocycles. The van der Waals surface area contributed by atoms with Crippen LogP contribution in [0, 0.1) is 11.3 Å². The highest BCUT2D eigenvalue weighted by molar-refractivity contribution is 5.95. The van der Waals surface area contributed by atoms with Crippen molar-refractivity contribution in [3.8, 4) is 11.8 Å². The lowest BCUT2D eigenvalue weighted by Gasteiger charge is -2.33. The Kier molecular flexibility index (Phi) is 6.56. The number of aromatic nitrogens is 1. The molecular weight excluding hydrogens is 442 g/mol. The molecule has 176 valence electrons. The fourth-order valence-electron chi connectivity index (χ4n) is 4.40. The van der Waals surface area contributed by atoms with Gasteiger partial charge in [0.2, 0.25) is 5.91 Å². The van der Waals surface area contributed by atoms with Gasteiger partial charge in [0.15, 0.2) is 5.75 Å². The van der Waals surface area contributed by atoms with Crippen LogP contribution >= 0.6 is 0 Å². The summed E-state index contributed by atoms with van der Waals surface area (Å²) in [5.41, 5.74) is 0.775. The van der Waals surface area contributed by atoms with Crippen LogP contribution in [0.2, 0.25) is 0 Å². The molecule has 4 rings (SSSR count). The topological polar surface area (TPSA) is 81.5 Å². The lowest BCUT2D eigenvalue weighted by atomic mass is 10.0. The predicted molar refractivity (Wildman–Crippen MR) is 112 cm³/mol. The fourth-order valence-corrected chi connectivity index (χ4v) is 4.40. The van der Waals surface area contributed by atoms with Gasteiger partial charge in [-0.05, 0) is 37.1 Å². The molecule has 11 heteroatoms. The minimum Gasteiger partial charge on any atom is -0.403 e. The van der Waals surface area contributed by atoms with Gasteiger partial charge in [-0.15, -0.1) is 13.2 Å². The summed E-state index contributed by atoms with van der Waals surface area (Å²) in [5, 5.41) is 13.0. The van der Waals surface area contributed by atoms with Crippen LogP contribution in [-0.4, -0.2) is 71.5 Å². The number of hydrogen-bond donors (Lipinski definition) is 1. The molecule has 3 heterocycles. The van der Waals surface area contributed by atoms with Crippen LogP contribution in [0.15, 0.2) is 30.5 Å². The van der Waals surface area contributed by atoms with E-state index in [9.17, 15) is 22.4 Å². The monoisotopic (exact) mass is 465 g/mol. The van der Waals surface area contributed by atoms with Crippen LogP contribution in [0.3, 0.4) is 0 Å². The highest BCUT2D eigenvalue weighted by Gasteiger charge is 2.36. The number of hydrogen-bond acceptors (Lipinski definition) is 6. The third kappa shape index (κ3) is 5.45. The molecule has 2 atom stereocenters. The maximum Gasteiger partial charge on any atom is 0.573 e. The Morgan fingerprint density at radius 2 is 2.03 bits per heavy atom. The van der Waals surface area contributed by atoms with Crippen molar-refractivity contribution in [1.82, 2.24) is 14.8 Å². The average Bonchev–Trinajstić information content (AvgIpc) is 3.17. The number of rotatable bonds is 5. The van der Waals surface area contributed by atoms with Crippen molar-refractivity contribution < 1.29 is 27.1 Å². The minimum atomic E-state index is -4.81. The Bertz CT molecular complexity index is 1050. The number of nitriles is 1. The number of pyridine rings is 1. The molecule has 1 N–H and O–H groups in total. The number of amides is 1. The third-order valence-electron chi connectivity index (χ3n) is 5.98. The molecule has 1 aromatic heterocycles. The molecule has 2 aromatic rings. The van der Waals surface area contributed by atoms with E-state index < -0.39 is 18.6 Å². The number of nitrogens with zero attached hydrogens (tertiary/aromatic N) is 4. The van der Waals surface area contributed by atoms with E-state index in [1.165, 1.54) is 17.2 Å². The van der Waals surface area contributed by atoms with Gasteiger partial charge in [0.25, 0.3) is 0 Å². The van der Waals surface area contributed by atoms with Crippen LogP contribution in [0.25, 0.3) is 10.9 Å². The number of anilines is 1. The number of ether oxygens (including phenoxy) is 1. The van der Waals surface area contributed by atoms with Crippen molar-refractivity contribution in [1.29, 1.82) is 5.26 Å². The minimum absolute atomic E-state index is 0.0375. The van der Waals surface area contributed by atoms with Crippen molar-refractivity contribution in [3.05, 3.63) is 30.5 Å². The number of nitrogens with one attached hydrogen (secondary N) is 1. The maximum absolute atomic E-state index is 13.6. The predicted octanol–water partition coefficient (Wildman–Crippen LogP) is 3.47. The van der Waals surface area contributed by atoms with Gasteiger partial charge in [0.05, 0.1) is 19.2 Å². The molecule has 0 spiro atoms. The Morgan fingerprint density at radius 3 is 2.73 bits per heavy atom. The van der Waals surface area contributed by atoms with Crippen LogP contribution in [-0.2, 0) is 4.79 Å². The lowest BCUT2D eigenvalue weighted by Crippen LogP contribution is -2.46. The van der Waals surface area contributed by atoms with E-state index in [0.717, 1.165) is 0 Å². The number of likely N-dealkylation sites (tertiary alicyclic amines) is 2. The normalized spacial score (nSPS) is 22.3. The largest absolute Gasteiger partial charge is 0.573 e. The molecule has 0 aliphatic carbocycles. The van der Waals surface area contributed by atoms with Gasteiger partial charge in [0, 0.05) is 42.8 Å². The lowest BCUT2D eigenvalue weighted by molar-refractivity contribution is -0.274. The molecule has 0 radical (unpaired) electrons. The maximum atomic E-state index is 13.6. The number of benzene rings is 1. The Balaban J connectivity index is 1.36. The van der Waals surface area contributed by atoms with Crippen LogP contribution < -0.4 is 10.1 Å². The van der Waals surface area contributed by atoms with Gasteiger partial charge >= 0.3 is 6.36 Å². The summed E-state index contributed by atoms with van der Waals surface area (Å²) in [7, 11) is 0. The van der Waals surface area contributed by atoms with Crippen molar-refractivity contribution in [2.75, 3.05) is 31.5 Å². The molecule has 2 aliphatic heterocycles. The van der Waals surface area contributed by atoms with Crippen molar-refractivity contribution in [3.63, 3.8) is 0 Å². The zero-order valence-electron chi connectivity index (χ0n) is 17.7. The van der Waals surface area contributed by atoms with Crippen LogP contribution in [0.5, 0.6) is 5.75 Å². The SMILES string of the molecule is N#C[C@@H]1C[C@H](F)CN1C(=O)CN1CCC(Nc2ccc(OC(F)(F)F)c3ncccc23)CC1. The first-order valence-corrected chi connectivity index (χ1v) is 10.7. The molecule has 0 unspecified atom stereocenters. The van der Waals surface area contributed by atoms with E-state index in [-0.39, 0.29) is 42.7 Å². The van der Waals surface area contributed by atoms with E-state index in [4.69, 9.17) is 5.26 Å². The van der Waals surface area contributed by atoms with E-state index in [1.54, 1.807) is 18.2 Å². The van der Waals surface area contributed by atoms with Gasteiger partial charge in [-0.25, -0.2) is 4.39 Å². The Labute approximate surface area is 187 Å². The fraction of sp³-hybridized carbons (Fsp3) is 0.500. The van der Waals surface area contributed by atoms with Gasteiger partial charge in [0.1, 0.15) is 17.7 Å². The zero-order valence-corrected chi connectivity index (χ0v) is 17.7. The van der Waals surface area contributed by atoms with E-state index in [0.29, 0.717) is 37.0 Å². The number of carbonyl (C=O) groups is 1. The van der Waals surface area contributed by atoms with Gasteiger partial charge in [-0.3, -0.25) is 14.7 Å². The second kappa shape index (κ2) is 9.39. The van der Waals surface area contributed by atoms with E-state index >= 15 is 0 Å². The molecule has 0 bridgehead atoms. The molecular formula is C22H23F4N5O2. The van der Waals surface area contributed by atoms with Gasteiger partial charge in [-0.2, -0.15) is 5.26 Å². The molecule has 7 nitrogen and oxygen atoms in total. The van der Waals surface area contributed by atoms with Crippen LogP contribution in [0.4, 0.5) is 23.2 Å². The number of halogens is 4. The van der Waals surface area contributed by atoms with Crippen molar-refractivity contribution in [2.24, 2.45) is 0 Å². The molecule has 2 fully saturated rings. The molecule has 0 saturated carbocycles. The van der Waals surface area contributed by atoms with Gasteiger partial charge < -0.3 is 15.0 Å². The summed E-state index contributed by atoms with van der Waals surface area (Å²) in [6.45, 7) is 1.34. The first-order chi connectivity index (χ1) is 15.7. The van der Waals surface area contributed by atoms with Crippen molar-refractivity contribution in [2.45, 2.75) is 43.9 Å². The molecule has 1 amide bonds. The Morgan fingerprint density at radius 1 is 1.27 bits per heavy atom. The van der Waals surface area contributed by atoms with E-state index in [2.05, 4.69) is 15.0 Å². The highest BCUT2D eigenvalue weighted by Crippen LogP contribution is 2.34. The number of carbonyl (C=O) groups excluding carboxylic acids is 1. The average molecular weight is 465 g/mol. The van der Waals surface area contributed by atoms with Crippen molar-refractivity contribution >= 4 is 22.5 Å². The van der Waals surface area contributed by atoms with Gasteiger partial charge in [-0.1, -0.05) is 0 Å². The van der Waals surface area contributed by atoms with E-state index in [1.807, 2.05) is 11.0 Å². The number of fused-ring (bicyclic) bond motifs is 1. The third-order valence-corrected chi connectivity index (χ3v) is 5.98. The summed E-state index contributed by atoms with van der Waals surface area (Å²) in [4.78, 5) is 19.9. The number of piperidine rings is 1. The summed E-state index contributed by atoms with van der Waals surface area (Å²) < 4.78 is 55.8. The first-order valence-electron chi connectivity index (χ1n) is 10.7. The van der Waals surface area contributed by atoms with Crippen LogP contribution in [0.1, 0.15) is 19.3 Å². The zero-order chi connectivity index (χ0) is 23.6. The molecule has 33 heavy (non-hydrogen) atoms. The second-order valence-corrected chi connectivity index (χ2v) is 8.28. The quantitative estimate of drug-likeness (QED) is 0.682. The standard InChI is InChI=1S/C22H23F4N5O2/c23-14-10-16(11-27)31(12-14)20(32)13-30-8-5-15(6-9-30)29-18-3-4-19(33-22(24,25)26)21-17(18)2-1-7-28-21/h1-4,7,14-16,29H,5-6,8-10,12-13H2/t14-,16-/m0/s1. The number of alkyl halides is 4. The summed E-state index contributed by atoms with van der Waals surface area (Å²) in [6, 6.07) is 7.46. The first kappa shape index (κ1) is 23.0.